The van der Waals surface area contributed by atoms with E-state index in [0.29, 0.717) is 19.1 Å². The molecule has 0 saturated carbocycles. The standard InChI is InChI=1S/C20H28N2O2/c1-3-4-13-21-19-12-8-11-18(16(19)2)15-24-20(23)22-14-17-9-6-5-7-10-17/h4-7,9-10,13,18,21H,3,8,11-12,14-15H2,1-2H3,(H,22,23)/b13-4+. The van der Waals surface area contributed by atoms with Crippen LogP contribution in [-0.2, 0) is 11.3 Å². The molecule has 130 valence electrons. The average Bonchev–Trinajstić information content (AvgIpc) is 2.61. The van der Waals surface area contributed by atoms with Gasteiger partial charge in [-0.3, -0.25) is 0 Å². The Morgan fingerprint density at radius 1 is 1.33 bits per heavy atom. The second-order valence-corrected chi connectivity index (χ2v) is 6.14. The Bertz CT molecular complexity index is 579. The van der Waals surface area contributed by atoms with E-state index in [1.807, 2.05) is 36.5 Å². The van der Waals surface area contributed by atoms with Gasteiger partial charge in [0, 0.05) is 18.2 Å². The molecule has 1 aromatic carbocycles. The van der Waals surface area contributed by atoms with E-state index in [1.165, 1.54) is 11.3 Å². The van der Waals surface area contributed by atoms with E-state index in [0.717, 1.165) is 31.2 Å². The summed E-state index contributed by atoms with van der Waals surface area (Å²) in [7, 11) is 0. The molecule has 0 aromatic heterocycles. The van der Waals surface area contributed by atoms with Crippen molar-refractivity contribution in [3.63, 3.8) is 0 Å². The molecule has 0 spiro atoms. The third-order valence-corrected chi connectivity index (χ3v) is 4.37. The second kappa shape index (κ2) is 9.81. The first kappa shape index (κ1) is 18.1. The van der Waals surface area contributed by atoms with Crippen LogP contribution >= 0.6 is 0 Å². The van der Waals surface area contributed by atoms with E-state index in [1.54, 1.807) is 0 Å². The molecular formula is C20H28N2O2. The molecule has 4 heteroatoms. The fourth-order valence-corrected chi connectivity index (χ4v) is 2.85. The quantitative estimate of drug-likeness (QED) is 0.775. The molecule has 4 nitrogen and oxygen atoms in total. The van der Waals surface area contributed by atoms with Crippen molar-refractivity contribution in [3.8, 4) is 0 Å². The van der Waals surface area contributed by atoms with Gasteiger partial charge in [-0.1, -0.05) is 43.3 Å². The Balaban J connectivity index is 1.78. The Kier molecular flexibility index (Phi) is 7.40. The van der Waals surface area contributed by atoms with Gasteiger partial charge in [0.05, 0.1) is 6.61 Å². The van der Waals surface area contributed by atoms with Gasteiger partial charge < -0.3 is 15.4 Å². The Morgan fingerprint density at radius 3 is 2.88 bits per heavy atom. The van der Waals surface area contributed by atoms with Crippen molar-refractivity contribution >= 4 is 6.09 Å². The first-order valence-electron chi connectivity index (χ1n) is 8.76. The summed E-state index contributed by atoms with van der Waals surface area (Å²) >= 11 is 0. The fourth-order valence-electron chi connectivity index (χ4n) is 2.85. The molecule has 1 amide bonds. The number of carbonyl (C=O) groups is 1. The number of carbonyl (C=O) groups excluding carboxylic acids is 1. The molecule has 0 heterocycles. The fraction of sp³-hybridized carbons (Fsp3) is 0.450. The summed E-state index contributed by atoms with van der Waals surface area (Å²) in [4.78, 5) is 11.9. The maximum atomic E-state index is 11.9. The summed E-state index contributed by atoms with van der Waals surface area (Å²) < 4.78 is 5.42. The third kappa shape index (κ3) is 5.76. The molecule has 0 radical (unpaired) electrons. The van der Waals surface area contributed by atoms with Gasteiger partial charge in [-0.15, -0.1) is 0 Å². The van der Waals surface area contributed by atoms with E-state index in [2.05, 4.69) is 30.6 Å². The normalized spacial score (nSPS) is 17.8. The number of alkyl carbamates (subject to hydrolysis) is 1. The van der Waals surface area contributed by atoms with Gasteiger partial charge in [0.1, 0.15) is 0 Å². The van der Waals surface area contributed by atoms with Gasteiger partial charge in [0.25, 0.3) is 0 Å². The van der Waals surface area contributed by atoms with E-state index < -0.39 is 0 Å². The third-order valence-electron chi connectivity index (χ3n) is 4.37. The van der Waals surface area contributed by atoms with Crippen LogP contribution in [0.5, 0.6) is 0 Å². The lowest BCUT2D eigenvalue weighted by Gasteiger charge is -2.26. The van der Waals surface area contributed by atoms with Gasteiger partial charge in [-0.05, 0) is 49.9 Å². The van der Waals surface area contributed by atoms with Gasteiger partial charge in [0.2, 0.25) is 0 Å². The number of ether oxygens (including phenoxy) is 1. The van der Waals surface area contributed by atoms with Crippen molar-refractivity contribution < 1.29 is 9.53 Å². The molecule has 2 rings (SSSR count). The first-order chi connectivity index (χ1) is 11.7. The molecule has 24 heavy (non-hydrogen) atoms. The van der Waals surface area contributed by atoms with Gasteiger partial charge in [-0.2, -0.15) is 0 Å². The van der Waals surface area contributed by atoms with Crippen LogP contribution in [0.3, 0.4) is 0 Å². The summed E-state index contributed by atoms with van der Waals surface area (Å²) in [5.74, 6) is 0.304. The predicted molar refractivity (Wildman–Crippen MR) is 97.2 cm³/mol. The zero-order chi connectivity index (χ0) is 17.2. The molecule has 1 atom stereocenters. The van der Waals surface area contributed by atoms with Crippen LogP contribution < -0.4 is 10.6 Å². The Morgan fingerprint density at radius 2 is 2.12 bits per heavy atom. The highest BCUT2D eigenvalue weighted by atomic mass is 16.5. The maximum Gasteiger partial charge on any atom is 0.407 e. The minimum atomic E-state index is -0.349. The molecule has 1 aliphatic rings. The summed E-state index contributed by atoms with van der Waals surface area (Å²) in [5.41, 5.74) is 3.64. The first-order valence-corrected chi connectivity index (χ1v) is 8.76. The number of hydrogen-bond donors (Lipinski definition) is 2. The van der Waals surface area contributed by atoms with Crippen molar-refractivity contribution in [1.82, 2.24) is 10.6 Å². The van der Waals surface area contributed by atoms with E-state index in [-0.39, 0.29) is 6.09 Å². The van der Waals surface area contributed by atoms with Crippen molar-refractivity contribution in [2.24, 2.45) is 5.92 Å². The summed E-state index contributed by atoms with van der Waals surface area (Å²) in [6, 6.07) is 9.84. The van der Waals surface area contributed by atoms with Crippen LogP contribution in [0.15, 0.2) is 53.9 Å². The average molecular weight is 328 g/mol. The number of benzene rings is 1. The molecule has 0 fully saturated rings. The smallest absolute Gasteiger partial charge is 0.407 e. The van der Waals surface area contributed by atoms with Crippen LogP contribution in [0.4, 0.5) is 4.79 Å². The zero-order valence-electron chi connectivity index (χ0n) is 14.7. The second-order valence-electron chi connectivity index (χ2n) is 6.14. The van der Waals surface area contributed by atoms with Crippen molar-refractivity contribution in [2.45, 2.75) is 46.1 Å². The molecule has 0 aliphatic heterocycles. The topological polar surface area (TPSA) is 50.4 Å². The highest BCUT2D eigenvalue weighted by molar-refractivity contribution is 5.67. The van der Waals surface area contributed by atoms with Gasteiger partial charge in [0.15, 0.2) is 0 Å². The molecule has 0 saturated heterocycles. The number of nitrogens with one attached hydrogen (secondary N) is 2. The summed E-state index contributed by atoms with van der Waals surface area (Å²) in [6.07, 6.45) is 8.05. The number of amides is 1. The Labute approximate surface area is 145 Å². The predicted octanol–water partition coefficient (Wildman–Crippen LogP) is 4.50. The largest absolute Gasteiger partial charge is 0.449 e. The lowest BCUT2D eigenvalue weighted by molar-refractivity contribution is 0.128. The SMILES string of the molecule is CC/C=C/NC1=C(C)C(COC(=O)NCc2ccccc2)CCC1. The summed E-state index contributed by atoms with van der Waals surface area (Å²) in [5, 5.41) is 6.18. The lowest BCUT2D eigenvalue weighted by atomic mass is 9.87. The monoisotopic (exact) mass is 328 g/mol. The van der Waals surface area contributed by atoms with Gasteiger partial charge >= 0.3 is 6.09 Å². The van der Waals surface area contributed by atoms with Crippen LogP contribution in [0.1, 0.15) is 45.1 Å². The van der Waals surface area contributed by atoms with Crippen molar-refractivity contribution in [2.75, 3.05) is 6.61 Å². The van der Waals surface area contributed by atoms with E-state index in [4.69, 9.17) is 4.74 Å². The van der Waals surface area contributed by atoms with Crippen molar-refractivity contribution in [1.29, 1.82) is 0 Å². The van der Waals surface area contributed by atoms with Crippen molar-refractivity contribution in [3.05, 3.63) is 59.4 Å². The lowest BCUT2D eigenvalue weighted by Crippen LogP contribution is -2.28. The minimum absolute atomic E-state index is 0.304. The van der Waals surface area contributed by atoms with Crippen LogP contribution in [0, 0.1) is 5.92 Å². The zero-order valence-corrected chi connectivity index (χ0v) is 14.7. The molecule has 2 N–H and O–H groups in total. The van der Waals surface area contributed by atoms with Crippen LogP contribution in [-0.4, -0.2) is 12.7 Å². The maximum absolute atomic E-state index is 11.9. The highest BCUT2D eigenvalue weighted by Gasteiger charge is 2.21. The highest BCUT2D eigenvalue weighted by Crippen LogP contribution is 2.28. The molecule has 1 unspecified atom stereocenters. The summed E-state index contributed by atoms with van der Waals surface area (Å²) in [6.45, 7) is 5.19. The van der Waals surface area contributed by atoms with E-state index >= 15 is 0 Å². The van der Waals surface area contributed by atoms with Crippen LogP contribution in [0.2, 0.25) is 0 Å². The van der Waals surface area contributed by atoms with E-state index in [9.17, 15) is 4.79 Å². The molecule has 0 bridgehead atoms. The molecule has 1 aromatic rings. The number of hydrogen-bond acceptors (Lipinski definition) is 3. The number of allylic oxidation sites excluding steroid dienone is 2. The molecule has 1 aliphatic carbocycles. The Hall–Kier alpha value is -2.23. The van der Waals surface area contributed by atoms with Crippen LogP contribution in [0.25, 0.3) is 0 Å². The molecular weight excluding hydrogens is 300 g/mol. The number of rotatable bonds is 7. The van der Waals surface area contributed by atoms with Gasteiger partial charge in [-0.25, -0.2) is 4.79 Å². The minimum Gasteiger partial charge on any atom is -0.449 e.